The van der Waals surface area contributed by atoms with Crippen LogP contribution >= 0.6 is 11.8 Å². The number of aliphatic carboxylic acids is 1. The van der Waals surface area contributed by atoms with E-state index in [-0.39, 0.29) is 37.1 Å². The molecule has 166 valence electrons. The maximum atomic E-state index is 12.2. The van der Waals surface area contributed by atoms with Crippen molar-refractivity contribution in [1.82, 2.24) is 16.0 Å². The number of carboxylic acid groups (broad SMARTS) is 1. The quantitative estimate of drug-likeness (QED) is 0.249. The Morgan fingerprint density at radius 3 is 2.14 bits per heavy atom. The number of nitrogens with one attached hydrogen (secondary N) is 3. The number of carbonyl (C=O) groups excluding carboxylic acids is 4. The zero-order valence-electron chi connectivity index (χ0n) is 17.3. The molecule has 0 aliphatic heterocycles. The van der Waals surface area contributed by atoms with Crippen molar-refractivity contribution in [2.24, 2.45) is 11.7 Å². The molecule has 6 N–H and O–H groups in total. The van der Waals surface area contributed by atoms with E-state index < -0.39 is 40.9 Å². The minimum Gasteiger partial charge on any atom is -0.481 e. The number of rotatable bonds is 14. The summed E-state index contributed by atoms with van der Waals surface area (Å²) in [5.41, 5.74) is 5.22. The monoisotopic (exact) mass is 432 g/mol. The first-order chi connectivity index (χ1) is 13.5. The number of primary amides is 1. The van der Waals surface area contributed by atoms with Crippen LogP contribution < -0.4 is 21.7 Å². The highest BCUT2D eigenvalue weighted by molar-refractivity contribution is 8.01. The topological polar surface area (TPSA) is 168 Å². The Hall–Kier alpha value is -2.30. The predicted molar refractivity (Wildman–Crippen MR) is 110 cm³/mol. The van der Waals surface area contributed by atoms with Crippen LogP contribution in [0.3, 0.4) is 0 Å². The number of nitrogens with two attached hydrogens (primary N) is 1. The van der Waals surface area contributed by atoms with Crippen LogP contribution in [0, 0.1) is 5.92 Å². The van der Waals surface area contributed by atoms with Gasteiger partial charge in [-0.3, -0.25) is 24.0 Å². The Balaban J connectivity index is 4.36. The smallest absolute Gasteiger partial charge is 0.305 e. The van der Waals surface area contributed by atoms with Gasteiger partial charge in [0, 0.05) is 18.2 Å². The molecule has 4 amide bonds. The molecule has 0 aromatic heterocycles. The van der Waals surface area contributed by atoms with Crippen molar-refractivity contribution in [2.45, 2.75) is 63.5 Å². The van der Waals surface area contributed by atoms with E-state index in [9.17, 15) is 24.0 Å². The molecule has 0 aromatic rings. The minimum atomic E-state index is -1.09. The van der Waals surface area contributed by atoms with E-state index in [0.29, 0.717) is 0 Å². The lowest BCUT2D eigenvalue weighted by Gasteiger charge is -2.19. The first-order valence-corrected chi connectivity index (χ1v) is 10.4. The standard InChI is InChI=1S/C18H32N4O6S/c1-5-11(4)29-12(8-15(25)26)18(28)21-9-14(24)20-7-6-13(23)22-16(10(2)3)17(19)27/h10-12,16H,5-9H2,1-4H3,(H2,19,27)(H,20,24)(H,21,28)(H,22,23)(H,25,26). The first kappa shape index (κ1) is 26.7. The molecule has 29 heavy (non-hydrogen) atoms. The molecular weight excluding hydrogens is 400 g/mol. The number of amides is 4. The molecule has 3 atom stereocenters. The third-order valence-corrected chi connectivity index (χ3v) is 5.52. The van der Waals surface area contributed by atoms with Gasteiger partial charge in [-0.2, -0.15) is 0 Å². The summed E-state index contributed by atoms with van der Waals surface area (Å²) < 4.78 is 0. The second-order valence-corrected chi connectivity index (χ2v) is 8.60. The van der Waals surface area contributed by atoms with Crippen LogP contribution in [-0.2, 0) is 24.0 Å². The predicted octanol–water partition coefficient (Wildman–Crippen LogP) is -0.390. The average Bonchev–Trinajstić information content (AvgIpc) is 2.62. The highest BCUT2D eigenvalue weighted by atomic mass is 32.2. The van der Waals surface area contributed by atoms with Gasteiger partial charge in [0.05, 0.1) is 18.2 Å². The van der Waals surface area contributed by atoms with Crippen molar-refractivity contribution in [1.29, 1.82) is 0 Å². The van der Waals surface area contributed by atoms with E-state index in [1.165, 1.54) is 11.8 Å². The van der Waals surface area contributed by atoms with Gasteiger partial charge in [0.15, 0.2) is 0 Å². The first-order valence-electron chi connectivity index (χ1n) is 9.48. The van der Waals surface area contributed by atoms with Crippen LogP contribution in [0.4, 0.5) is 0 Å². The van der Waals surface area contributed by atoms with Crippen LogP contribution in [0.25, 0.3) is 0 Å². The van der Waals surface area contributed by atoms with E-state index >= 15 is 0 Å². The molecule has 0 fully saturated rings. The summed E-state index contributed by atoms with van der Waals surface area (Å²) in [5, 5.41) is 15.7. The van der Waals surface area contributed by atoms with Gasteiger partial charge >= 0.3 is 5.97 Å². The van der Waals surface area contributed by atoms with Gasteiger partial charge in [-0.05, 0) is 12.3 Å². The number of hydrogen-bond donors (Lipinski definition) is 5. The fraction of sp³-hybridized carbons (Fsp3) is 0.722. The van der Waals surface area contributed by atoms with Crippen LogP contribution in [0.1, 0.15) is 47.0 Å². The lowest BCUT2D eigenvalue weighted by molar-refractivity contribution is -0.138. The van der Waals surface area contributed by atoms with E-state index in [0.717, 1.165) is 6.42 Å². The average molecular weight is 433 g/mol. The summed E-state index contributed by atoms with van der Waals surface area (Å²) in [6.45, 7) is 7.02. The van der Waals surface area contributed by atoms with Crippen LogP contribution in [0.5, 0.6) is 0 Å². The Kier molecular flexibility index (Phi) is 12.7. The number of carbonyl (C=O) groups is 5. The zero-order chi connectivity index (χ0) is 22.6. The molecule has 11 heteroatoms. The van der Waals surface area contributed by atoms with E-state index in [1.807, 2.05) is 13.8 Å². The molecule has 0 radical (unpaired) electrons. The van der Waals surface area contributed by atoms with Gasteiger partial charge in [-0.1, -0.05) is 27.7 Å². The second kappa shape index (κ2) is 13.8. The minimum absolute atomic E-state index is 0.0181. The van der Waals surface area contributed by atoms with Gasteiger partial charge in [-0.25, -0.2) is 0 Å². The molecule has 0 aliphatic carbocycles. The molecular formula is C18H32N4O6S. The Morgan fingerprint density at radius 1 is 1.03 bits per heavy atom. The molecule has 3 unspecified atom stereocenters. The van der Waals surface area contributed by atoms with E-state index in [2.05, 4.69) is 16.0 Å². The van der Waals surface area contributed by atoms with Gasteiger partial charge in [0.1, 0.15) is 6.04 Å². The molecule has 0 saturated carbocycles. The fourth-order valence-corrected chi connectivity index (χ4v) is 3.41. The lowest BCUT2D eigenvalue weighted by atomic mass is 10.0. The molecule has 10 nitrogen and oxygen atoms in total. The van der Waals surface area contributed by atoms with Gasteiger partial charge < -0.3 is 26.8 Å². The maximum absolute atomic E-state index is 12.2. The van der Waals surface area contributed by atoms with Crippen molar-refractivity contribution in [3.05, 3.63) is 0 Å². The SMILES string of the molecule is CCC(C)SC(CC(=O)O)C(=O)NCC(=O)NCCC(=O)NC(C(N)=O)C(C)C. The van der Waals surface area contributed by atoms with Crippen molar-refractivity contribution in [3.8, 4) is 0 Å². The molecule has 0 rings (SSSR count). The third kappa shape index (κ3) is 12.0. The molecule has 0 aliphatic rings. The van der Waals surface area contributed by atoms with Crippen LogP contribution in [0.2, 0.25) is 0 Å². The summed E-state index contributed by atoms with van der Waals surface area (Å²) in [4.78, 5) is 58.1. The second-order valence-electron chi connectivity index (χ2n) is 6.95. The van der Waals surface area contributed by atoms with Crippen molar-refractivity contribution in [3.63, 3.8) is 0 Å². The molecule has 0 aromatic carbocycles. The summed E-state index contributed by atoms with van der Waals surface area (Å²) in [5.74, 6) is -3.35. The Bertz CT molecular complexity index is 599. The number of carboxylic acids is 1. The summed E-state index contributed by atoms with van der Waals surface area (Å²) in [6, 6.07) is -0.785. The summed E-state index contributed by atoms with van der Waals surface area (Å²) in [6.07, 6.45) is 0.394. The normalized spacial score (nSPS) is 13.8. The molecule has 0 heterocycles. The van der Waals surface area contributed by atoms with Gasteiger partial charge in [0.2, 0.25) is 23.6 Å². The molecule has 0 bridgehead atoms. The number of thioether (sulfide) groups is 1. The lowest BCUT2D eigenvalue weighted by Crippen LogP contribution is -2.48. The van der Waals surface area contributed by atoms with E-state index in [1.54, 1.807) is 13.8 Å². The third-order valence-electron chi connectivity index (χ3n) is 4.01. The Labute approximate surface area is 175 Å². The van der Waals surface area contributed by atoms with Crippen LogP contribution in [-0.4, -0.2) is 64.3 Å². The highest BCUT2D eigenvalue weighted by Crippen LogP contribution is 2.22. The van der Waals surface area contributed by atoms with Gasteiger partial charge in [0.25, 0.3) is 0 Å². The van der Waals surface area contributed by atoms with Crippen molar-refractivity contribution >= 4 is 41.4 Å². The van der Waals surface area contributed by atoms with E-state index in [4.69, 9.17) is 10.8 Å². The fourth-order valence-electron chi connectivity index (χ4n) is 2.21. The molecule has 0 spiro atoms. The van der Waals surface area contributed by atoms with Gasteiger partial charge in [-0.15, -0.1) is 11.8 Å². The maximum Gasteiger partial charge on any atom is 0.305 e. The Morgan fingerprint density at radius 2 is 1.66 bits per heavy atom. The number of hydrogen-bond acceptors (Lipinski definition) is 6. The summed E-state index contributed by atoms with van der Waals surface area (Å²) >= 11 is 1.25. The largest absolute Gasteiger partial charge is 0.481 e. The molecule has 0 saturated heterocycles. The zero-order valence-corrected chi connectivity index (χ0v) is 18.1. The van der Waals surface area contributed by atoms with Crippen LogP contribution in [0.15, 0.2) is 0 Å². The van der Waals surface area contributed by atoms with Crippen molar-refractivity contribution in [2.75, 3.05) is 13.1 Å². The summed E-state index contributed by atoms with van der Waals surface area (Å²) in [7, 11) is 0. The highest BCUT2D eigenvalue weighted by Gasteiger charge is 2.25. The van der Waals surface area contributed by atoms with Crippen molar-refractivity contribution < 1.29 is 29.1 Å².